The Hall–Kier alpha value is -0.850. The van der Waals surface area contributed by atoms with Crippen LogP contribution in [0.25, 0.3) is 0 Å². The molecule has 1 amide bonds. The van der Waals surface area contributed by atoms with Gasteiger partial charge >= 0.3 is 6.09 Å². The van der Waals surface area contributed by atoms with Gasteiger partial charge in [0.25, 0.3) is 0 Å². The van der Waals surface area contributed by atoms with E-state index in [1.807, 2.05) is 25.7 Å². The second kappa shape index (κ2) is 8.44. The average Bonchev–Trinajstić information content (AvgIpc) is 3.23. The highest BCUT2D eigenvalue weighted by atomic mass is 16.6. The van der Waals surface area contributed by atoms with Crippen LogP contribution >= 0.6 is 0 Å². The van der Waals surface area contributed by atoms with Gasteiger partial charge < -0.3 is 19.1 Å². The lowest BCUT2D eigenvalue weighted by Gasteiger charge is -2.38. The molecule has 4 aliphatic rings. The summed E-state index contributed by atoms with van der Waals surface area (Å²) in [5.74, 6) is 0. The first-order chi connectivity index (χ1) is 12.3. The first kappa shape index (κ1) is 19.9. The minimum absolute atomic E-state index is 0.187. The molecule has 2 saturated carbocycles. The van der Waals surface area contributed by atoms with Gasteiger partial charge in [-0.15, -0.1) is 0 Å². The average molecular weight is 369 g/mol. The van der Waals surface area contributed by atoms with Crippen molar-refractivity contribution in [3.05, 3.63) is 0 Å². The van der Waals surface area contributed by atoms with Gasteiger partial charge in [0, 0.05) is 19.1 Å². The van der Waals surface area contributed by atoms with Crippen molar-refractivity contribution in [1.82, 2.24) is 9.80 Å². The van der Waals surface area contributed by atoms with Crippen molar-refractivity contribution in [2.24, 2.45) is 0 Å². The van der Waals surface area contributed by atoms with Crippen LogP contribution in [0.4, 0.5) is 4.79 Å². The van der Waals surface area contributed by atoms with E-state index in [0.29, 0.717) is 19.3 Å². The van der Waals surface area contributed by atoms with Crippen LogP contribution in [0.1, 0.15) is 59.3 Å². The maximum atomic E-state index is 12.0. The van der Waals surface area contributed by atoms with Gasteiger partial charge in [0.1, 0.15) is 5.60 Å². The predicted molar refractivity (Wildman–Crippen MR) is 100 cm³/mol. The number of hydrogen-bond acceptors (Lipinski definition) is 5. The van der Waals surface area contributed by atoms with Crippen molar-refractivity contribution >= 4 is 6.09 Å². The fourth-order valence-electron chi connectivity index (χ4n) is 4.59. The van der Waals surface area contributed by atoms with Gasteiger partial charge in [0.05, 0.1) is 31.5 Å². The van der Waals surface area contributed by atoms with Crippen LogP contribution in [0.2, 0.25) is 0 Å². The van der Waals surface area contributed by atoms with E-state index in [-0.39, 0.29) is 18.2 Å². The minimum atomic E-state index is -0.413. The van der Waals surface area contributed by atoms with Gasteiger partial charge in [-0.2, -0.15) is 0 Å². The molecule has 4 atom stereocenters. The fraction of sp³-hybridized carbons (Fsp3) is 0.950. The van der Waals surface area contributed by atoms with E-state index >= 15 is 0 Å². The molecule has 0 bridgehead atoms. The summed E-state index contributed by atoms with van der Waals surface area (Å²) in [5, 5.41) is 0. The van der Waals surface area contributed by atoms with E-state index in [4.69, 9.17) is 14.2 Å². The van der Waals surface area contributed by atoms with Gasteiger partial charge in [0.15, 0.2) is 0 Å². The lowest BCUT2D eigenvalue weighted by Crippen LogP contribution is -2.52. The van der Waals surface area contributed by atoms with E-state index in [1.165, 1.54) is 19.3 Å². The molecule has 0 aromatic carbocycles. The molecule has 0 spiro atoms. The van der Waals surface area contributed by atoms with Crippen molar-refractivity contribution in [2.45, 2.75) is 89.2 Å². The summed E-state index contributed by atoms with van der Waals surface area (Å²) in [5.41, 5.74) is -0.413. The van der Waals surface area contributed by atoms with Gasteiger partial charge in [-0.1, -0.05) is 0 Å². The number of carbonyl (C=O) groups excluding carboxylic acids is 1. The summed E-state index contributed by atoms with van der Waals surface area (Å²) in [7, 11) is 2.21. The molecule has 6 heteroatoms. The fourth-order valence-corrected chi connectivity index (χ4v) is 4.59. The van der Waals surface area contributed by atoms with Crippen LogP contribution in [-0.4, -0.2) is 79.1 Å². The quantitative estimate of drug-likeness (QED) is 0.658. The summed E-state index contributed by atoms with van der Waals surface area (Å²) in [6.45, 7) is 9.07. The zero-order valence-corrected chi connectivity index (χ0v) is 16.9. The van der Waals surface area contributed by atoms with E-state index in [2.05, 4.69) is 11.9 Å². The lowest BCUT2D eigenvalue weighted by atomic mass is 10.1. The molecule has 2 aliphatic carbocycles. The molecule has 26 heavy (non-hydrogen) atoms. The molecule has 150 valence electrons. The Morgan fingerprint density at radius 3 is 2.12 bits per heavy atom. The van der Waals surface area contributed by atoms with Crippen molar-refractivity contribution < 1.29 is 19.0 Å². The number of fused-ring (bicyclic) bond motifs is 2. The van der Waals surface area contributed by atoms with Crippen LogP contribution in [-0.2, 0) is 14.2 Å². The molecular formula is C20H36N2O4. The smallest absolute Gasteiger partial charge is 0.410 e. The Bertz CT molecular complexity index is 479. The number of morpholine rings is 2. The number of amides is 1. The highest BCUT2D eigenvalue weighted by Crippen LogP contribution is 2.30. The topological polar surface area (TPSA) is 51.2 Å². The largest absolute Gasteiger partial charge is 0.444 e. The predicted octanol–water partition coefficient (Wildman–Crippen LogP) is 3.04. The molecule has 2 heterocycles. The lowest BCUT2D eigenvalue weighted by molar-refractivity contribution is -0.0634. The molecule has 0 aromatic rings. The van der Waals surface area contributed by atoms with Crippen molar-refractivity contribution in [2.75, 3.05) is 33.4 Å². The second-order valence-corrected chi connectivity index (χ2v) is 8.97. The summed E-state index contributed by atoms with van der Waals surface area (Å²) in [6, 6.07) is 0.984. The Kier molecular flexibility index (Phi) is 6.46. The number of likely N-dealkylation sites (N-methyl/N-ethyl adjacent to an activating group) is 1. The Balaban J connectivity index is 0.000000167. The highest BCUT2D eigenvalue weighted by Gasteiger charge is 2.40. The summed E-state index contributed by atoms with van der Waals surface area (Å²) < 4.78 is 16.7. The third-order valence-electron chi connectivity index (χ3n) is 5.87. The molecule has 6 nitrogen and oxygen atoms in total. The zero-order chi connectivity index (χ0) is 18.7. The Morgan fingerprint density at radius 1 is 0.923 bits per heavy atom. The Morgan fingerprint density at radius 2 is 1.50 bits per heavy atom. The van der Waals surface area contributed by atoms with Crippen molar-refractivity contribution in [3.8, 4) is 0 Å². The van der Waals surface area contributed by atoms with Crippen LogP contribution in [0.5, 0.6) is 0 Å². The van der Waals surface area contributed by atoms with Crippen LogP contribution in [0.3, 0.4) is 0 Å². The highest BCUT2D eigenvalue weighted by molar-refractivity contribution is 5.68. The van der Waals surface area contributed by atoms with Gasteiger partial charge in [0.2, 0.25) is 0 Å². The monoisotopic (exact) mass is 368 g/mol. The summed E-state index contributed by atoms with van der Waals surface area (Å²) >= 11 is 0. The first-order valence-corrected chi connectivity index (χ1v) is 10.3. The molecule has 0 aromatic heterocycles. The Labute approximate surface area is 158 Å². The van der Waals surface area contributed by atoms with Gasteiger partial charge in [-0.25, -0.2) is 4.79 Å². The van der Waals surface area contributed by atoms with Crippen LogP contribution < -0.4 is 0 Å². The van der Waals surface area contributed by atoms with Crippen molar-refractivity contribution in [1.29, 1.82) is 0 Å². The van der Waals surface area contributed by atoms with Crippen molar-refractivity contribution in [3.63, 3.8) is 0 Å². The molecule has 2 aliphatic heterocycles. The normalized spacial score (nSPS) is 34.5. The van der Waals surface area contributed by atoms with E-state index in [9.17, 15) is 4.79 Å². The SMILES string of the molecule is CC(C)(C)OC(=O)N1CCO[C@@H]2CCCC21.CN1CCO[C@@H]2CCCC21. The number of carbonyl (C=O) groups is 1. The van der Waals surface area contributed by atoms with E-state index in [0.717, 1.165) is 38.5 Å². The molecule has 2 saturated heterocycles. The van der Waals surface area contributed by atoms with Crippen LogP contribution in [0.15, 0.2) is 0 Å². The maximum Gasteiger partial charge on any atom is 0.410 e. The molecule has 2 unspecified atom stereocenters. The number of ether oxygens (including phenoxy) is 3. The molecule has 0 N–H and O–H groups in total. The molecule has 4 rings (SSSR count). The third-order valence-corrected chi connectivity index (χ3v) is 5.87. The second-order valence-electron chi connectivity index (χ2n) is 8.97. The standard InChI is InChI=1S/C12H21NO3.C8H15NO/c1-12(2,3)16-11(14)13-7-8-15-10-6-4-5-9(10)13;1-9-5-6-10-8-4-2-3-7(8)9/h9-10H,4-8H2,1-3H3;7-8H,2-6H2,1H3/t9?,10-;7?,8-/m11/s1. The van der Waals surface area contributed by atoms with Gasteiger partial charge in [-0.3, -0.25) is 4.90 Å². The number of rotatable bonds is 0. The summed E-state index contributed by atoms with van der Waals surface area (Å²) in [4.78, 5) is 16.3. The zero-order valence-electron chi connectivity index (χ0n) is 16.9. The minimum Gasteiger partial charge on any atom is -0.444 e. The first-order valence-electron chi connectivity index (χ1n) is 10.3. The molecule has 0 radical (unpaired) electrons. The molecular weight excluding hydrogens is 332 g/mol. The summed E-state index contributed by atoms with van der Waals surface area (Å²) in [6.07, 6.45) is 7.88. The number of nitrogens with zero attached hydrogens (tertiary/aromatic N) is 2. The maximum absolute atomic E-state index is 12.0. The molecule has 4 fully saturated rings. The number of hydrogen-bond donors (Lipinski definition) is 0. The van der Waals surface area contributed by atoms with E-state index < -0.39 is 5.60 Å². The van der Waals surface area contributed by atoms with Gasteiger partial charge in [-0.05, 0) is 66.3 Å². The van der Waals surface area contributed by atoms with Crippen LogP contribution in [0, 0.1) is 0 Å². The third kappa shape index (κ3) is 4.90. The van der Waals surface area contributed by atoms with E-state index in [1.54, 1.807) is 0 Å².